The second-order valence-electron chi connectivity index (χ2n) is 9.26. The molecule has 0 atom stereocenters. The summed E-state index contributed by atoms with van der Waals surface area (Å²) in [6.07, 6.45) is 1.40. The van der Waals surface area contributed by atoms with Crippen LogP contribution in [0.1, 0.15) is 26.3 Å². The van der Waals surface area contributed by atoms with Crippen LogP contribution in [0.25, 0.3) is 0 Å². The quantitative estimate of drug-likeness (QED) is 0.218. The number of hydrogen-bond donors (Lipinski definition) is 1. The summed E-state index contributed by atoms with van der Waals surface area (Å²) in [5.41, 5.74) is 2.70. The normalized spacial score (nSPS) is 11.6. The number of hydrazone groups is 1. The van der Waals surface area contributed by atoms with Gasteiger partial charge in [0.1, 0.15) is 23.6 Å². The van der Waals surface area contributed by atoms with E-state index < -0.39 is 34.0 Å². The molecular formula is C28H31N3O7S. The minimum Gasteiger partial charge on any atom is -0.497 e. The van der Waals surface area contributed by atoms with Gasteiger partial charge in [0, 0.05) is 0 Å². The number of nitrogens with zero attached hydrogens (tertiary/aromatic N) is 2. The molecular weight excluding hydrogens is 522 g/mol. The van der Waals surface area contributed by atoms with Crippen LogP contribution in [0.5, 0.6) is 11.5 Å². The van der Waals surface area contributed by atoms with Crippen molar-refractivity contribution in [3.63, 3.8) is 0 Å². The Kier molecular flexibility index (Phi) is 9.67. The molecule has 0 radical (unpaired) electrons. The van der Waals surface area contributed by atoms with E-state index in [4.69, 9.17) is 14.2 Å². The third kappa shape index (κ3) is 8.85. The van der Waals surface area contributed by atoms with Crippen molar-refractivity contribution in [1.29, 1.82) is 0 Å². The minimum absolute atomic E-state index is 0.0473. The standard InChI is InChI=1S/C28H31N3O7S/c1-28(2,3)38-27(33)20-37-24-14-10-21(11-15-24)18-29-30-26(32)19-31(22-12-16-23(36-4)17-13-22)39(34,35)25-8-6-5-7-9-25/h5-18H,19-20H2,1-4H3,(H,30,32)/b29-18+. The number of nitrogens with one attached hydrogen (secondary N) is 1. The molecule has 0 heterocycles. The molecule has 0 aromatic heterocycles. The van der Waals surface area contributed by atoms with Gasteiger partial charge in [-0.1, -0.05) is 18.2 Å². The van der Waals surface area contributed by atoms with Gasteiger partial charge in [-0.15, -0.1) is 0 Å². The third-order valence-corrected chi connectivity index (χ3v) is 6.83. The molecule has 1 amide bonds. The highest BCUT2D eigenvalue weighted by Crippen LogP contribution is 2.25. The number of anilines is 1. The van der Waals surface area contributed by atoms with Crippen LogP contribution in [0.15, 0.2) is 88.9 Å². The number of sulfonamides is 1. The van der Waals surface area contributed by atoms with Crippen molar-refractivity contribution in [1.82, 2.24) is 5.43 Å². The van der Waals surface area contributed by atoms with E-state index in [9.17, 15) is 18.0 Å². The average Bonchev–Trinajstić information content (AvgIpc) is 2.91. The molecule has 11 heteroatoms. The lowest BCUT2D eigenvalue weighted by Gasteiger charge is -2.23. The maximum atomic E-state index is 13.3. The lowest BCUT2D eigenvalue weighted by molar-refractivity contribution is -0.157. The van der Waals surface area contributed by atoms with Crippen molar-refractivity contribution < 1.29 is 32.2 Å². The first-order chi connectivity index (χ1) is 18.5. The number of methoxy groups -OCH3 is 1. The Bertz CT molecular complexity index is 1380. The summed E-state index contributed by atoms with van der Waals surface area (Å²) < 4.78 is 43.5. The van der Waals surface area contributed by atoms with E-state index in [0.29, 0.717) is 22.7 Å². The minimum atomic E-state index is -4.04. The van der Waals surface area contributed by atoms with Gasteiger partial charge in [-0.3, -0.25) is 9.10 Å². The van der Waals surface area contributed by atoms with Crippen LogP contribution in [0, 0.1) is 0 Å². The lowest BCUT2D eigenvalue weighted by Crippen LogP contribution is -2.39. The number of rotatable bonds is 11. The van der Waals surface area contributed by atoms with Crippen molar-refractivity contribution in [2.45, 2.75) is 31.3 Å². The van der Waals surface area contributed by atoms with Crippen LogP contribution < -0.4 is 19.2 Å². The van der Waals surface area contributed by atoms with Gasteiger partial charge in [0.2, 0.25) is 0 Å². The number of hydrogen-bond acceptors (Lipinski definition) is 8. The van der Waals surface area contributed by atoms with Gasteiger partial charge in [0.25, 0.3) is 15.9 Å². The van der Waals surface area contributed by atoms with Gasteiger partial charge in [-0.2, -0.15) is 5.10 Å². The van der Waals surface area contributed by atoms with Crippen molar-refractivity contribution >= 4 is 33.8 Å². The largest absolute Gasteiger partial charge is 0.497 e. The van der Waals surface area contributed by atoms with Crippen LogP contribution in [-0.2, 0) is 24.3 Å². The van der Waals surface area contributed by atoms with E-state index in [1.54, 1.807) is 87.5 Å². The number of benzene rings is 3. The zero-order valence-electron chi connectivity index (χ0n) is 22.2. The summed E-state index contributed by atoms with van der Waals surface area (Å²) in [6.45, 7) is 4.60. The summed E-state index contributed by atoms with van der Waals surface area (Å²) in [6, 6.07) is 20.8. The molecule has 0 bridgehead atoms. The first-order valence-electron chi connectivity index (χ1n) is 12.0. The Morgan fingerprint density at radius 1 is 0.923 bits per heavy atom. The predicted molar refractivity (Wildman–Crippen MR) is 147 cm³/mol. The zero-order valence-corrected chi connectivity index (χ0v) is 23.0. The first-order valence-corrected chi connectivity index (χ1v) is 13.4. The van der Waals surface area contributed by atoms with Crippen LogP contribution >= 0.6 is 0 Å². The van der Waals surface area contributed by atoms with Gasteiger partial charge in [-0.25, -0.2) is 18.6 Å². The fraction of sp³-hybridized carbons (Fsp3) is 0.250. The molecule has 3 aromatic carbocycles. The molecule has 0 fully saturated rings. The molecule has 0 aliphatic carbocycles. The van der Waals surface area contributed by atoms with Crippen LogP contribution in [-0.4, -0.2) is 52.4 Å². The fourth-order valence-corrected chi connectivity index (χ4v) is 4.73. The number of amides is 1. The van der Waals surface area contributed by atoms with Gasteiger partial charge in [0.05, 0.1) is 23.9 Å². The summed E-state index contributed by atoms with van der Waals surface area (Å²) in [7, 11) is -2.54. The smallest absolute Gasteiger partial charge is 0.344 e. The highest BCUT2D eigenvalue weighted by Gasteiger charge is 2.27. The molecule has 1 N–H and O–H groups in total. The van der Waals surface area contributed by atoms with E-state index in [0.717, 1.165) is 4.31 Å². The first kappa shape index (κ1) is 29.2. The maximum absolute atomic E-state index is 13.3. The van der Waals surface area contributed by atoms with Crippen molar-refractivity contribution in [2.75, 3.05) is 24.6 Å². The van der Waals surface area contributed by atoms with Crippen molar-refractivity contribution in [3.8, 4) is 11.5 Å². The zero-order chi connectivity index (χ0) is 28.5. The van der Waals surface area contributed by atoms with E-state index in [2.05, 4.69) is 10.5 Å². The SMILES string of the molecule is COc1ccc(N(CC(=O)N/N=C/c2ccc(OCC(=O)OC(C)(C)C)cc2)S(=O)(=O)c2ccccc2)cc1. The van der Waals surface area contributed by atoms with E-state index in [1.807, 2.05) is 0 Å². The third-order valence-electron chi connectivity index (χ3n) is 5.04. The molecule has 10 nitrogen and oxygen atoms in total. The molecule has 39 heavy (non-hydrogen) atoms. The van der Waals surface area contributed by atoms with Gasteiger partial charge in [-0.05, 0) is 87.0 Å². The molecule has 3 rings (SSSR count). The van der Waals surface area contributed by atoms with Gasteiger partial charge >= 0.3 is 5.97 Å². The number of carbonyl (C=O) groups is 2. The monoisotopic (exact) mass is 553 g/mol. The number of esters is 1. The predicted octanol–water partition coefficient (Wildman–Crippen LogP) is 3.76. The number of carbonyl (C=O) groups excluding carboxylic acids is 2. The highest BCUT2D eigenvalue weighted by atomic mass is 32.2. The van der Waals surface area contributed by atoms with Gasteiger partial charge < -0.3 is 14.2 Å². The summed E-state index contributed by atoms with van der Waals surface area (Å²) >= 11 is 0. The van der Waals surface area contributed by atoms with Crippen molar-refractivity contribution in [3.05, 3.63) is 84.4 Å². The Morgan fingerprint density at radius 2 is 1.54 bits per heavy atom. The van der Waals surface area contributed by atoms with E-state index >= 15 is 0 Å². The molecule has 0 unspecified atom stereocenters. The Labute approximate surface area is 228 Å². The molecule has 0 spiro atoms. The second kappa shape index (κ2) is 12.9. The molecule has 0 aliphatic heterocycles. The molecule has 3 aromatic rings. The van der Waals surface area contributed by atoms with Crippen LogP contribution in [0.3, 0.4) is 0 Å². The average molecular weight is 554 g/mol. The fourth-order valence-electron chi connectivity index (χ4n) is 3.29. The molecule has 0 saturated heterocycles. The topological polar surface area (TPSA) is 124 Å². The summed E-state index contributed by atoms with van der Waals surface area (Å²) in [4.78, 5) is 24.5. The summed E-state index contributed by atoms with van der Waals surface area (Å²) in [5.74, 6) is -0.109. The number of ether oxygens (including phenoxy) is 3. The molecule has 0 saturated carbocycles. The van der Waals surface area contributed by atoms with E-state index in [1.165, 1.54) is 25.5 Å². The molecule has 0 aliphatic rings. The second-order valence-corrected chi connectivity index (χ2v) is 11.1. The Balaban J connectivity index is 1.64. The van der Waals surface area contributed by atoms with Crippen LogP contribution in [0.4, 0.5) is 5.69 Å². The maximum Gasteiger partial charge on any atom is 0.344 e. The van der Waals surface area contributed by atoms with Crippen molar-refractivity contribution in [2.24, 2.45) is 5.10 Å². The Morgan fingerprint density at radius 3 is 2.13 bits per heavy atom. The molecule has 206 valence electrons. The summed E-state index contributed by atoms with van der Waals surface area (Å²) in [5, 5.41) is 3.93. The van der Waals surface area contributed by atoms with Gasteiger partial charge in [0.15, 0.2) is 6.61 Å². The van der Waals surface area contributed by atoms with Crippen LogP contribution in [0.2, 0.25) is 0 Å². The highest BCUT2D eigenvalue weighted by molar-refractivity contribution is 7.92. The Hall–Kier alpha value is -4.38. The lowest BCUT2D eigenvalue weighted by atomic mass is 10.2. The van der Waals surface area contributed by atoms with E-state index in [-0.39, 0.29) is 11.5 Å².